The van der Waals surface area contributed by atoms with E-state index in [0.29, 0.717) is 64.8 Å². The van der Waals surface area contributed by atoms with Gasteiger partial charge in [0.2, 0.25) is 5.91 Å². The third kappa shape index (κ3) is 7.84. The fourth-order valence-corrected chi connectivity index (χ4v) is 5.15. The zero-order chi connectivity index (χ0) is 31.8. The number of anilines is 2. The molecular weight excluding hydrogens is 602 g/mol. The van der Waals surface area contributed by atoms with Crippen LogP contribution >= 0.6 is 11.6 Å². The molecule has 0 unspecified atom stereocenters. The van der Waals surface area contributed by atoms with Gasteiger partial charge in [-0.3, -0.25) is 9.59 Å². The van der Waals surface area contributed by atoms with E-state index in [4.69, 9.17) is 26.1 Å². The molecule has 3 heterocycles. The molecule has 0 radical (unpaired) electrons. The number of hydrogen-bond donors (Lipinski definition) is 4. The van der Waals surface area contributed by atoms with E-state index in [-0.39, 0.29) is 12.5 Å². The molecule has 2 atom stereocenters. The van der Waals surface area contributed by atoms with Crippen LogP contribution in [0.15, 0.2) is 55.0 Å². The molecule has 4 N–H and O–H groups in total. The minimum absolute atomic E-state index is 0.0195. The van der Waals surface area contributed by atoms with Crippen molar-refractivity contribution in [3.05, 3.63) is 71.4 Å². The summed E-state index contributed by atoms with van der Waals surface area (Å²) in [6.07, 6.45) is 8.74. The number of amides is 1. The lowest BCUT2D eigenvalue weighted by atomic mass is 10.0. The number of benzene rings is 2. The Kier molecular flexibility index (Phi) is 10.0. The van der Waals surface area contributed by atoms with Crippen LogP contribution in [0.4, 0.5) is 11.4 Å². The van der Waals surface area contributed by atoms with Crippen LogP contribution < -0.4 is 16.0 Å². The Hall–Kier alpha value is -5.24. The van der Waals surface area contributed by atoms with Gasteiger partial charge < -0.3 is 30.4 Å². The number of aromatic amines is 1. The van der Waals surface area contributed by atoms with Gasteiger partial charge in [-0.25, -0.2) is 9.78 Å². The summed E-state index contributed by atoms with van der Waals surface area (Å²) < 4.78 is 11.3. The zero-order valence-electron chi connectivity index (χ0n) is 24.6. The number of rotatable bonds is 8. The van der Waals surface area contributed by atoms with Crippen molar-refractivity contribution in [2.75, 3.05) is 31.4 Å². The summed E-state index contributed by atoms with van der Waals surface area (Å²) in [5.74, 6) is -0.550. The summed E-state index contributed by atoms with van der Waals surface area (Å²) in [7, 11) is 2.67. The van der Waals surface area contributed by atoms with Gasteiger partial charge in [0.05, 0.1) is 31.6 Å². The number of tetrazole rings is 1. The number of fused-ring (bicyclic) bond motifs is 4. The van der Waals surface area contributed by atoms with Crippen molar-refractivity contribution in [3.63, 3.8) is 0 Å². The van der Waals surface area contributed by atoms with Gasteiger partial charge in [0.15, 0.2) is 0 Å². The lowest BCUT2D eigenvalue weighted by Crippen LogP contribution is -2.31. The molecule has 0 saturated heterocycles. The molecule has 1 aliphatic rings. The highest BCUT2D eigenvalue weighted by Gasteiger charge is 2.24. The number of H-pyrrole nitrogens is 1. The van der Waals surface area contributed by atoms with Gasteiger partial charge in [0.25, 0.3) is 0 Å². The fourth-order valence-electron chi connectivity index (χ4n) is 4.97. The number of esters is 2. The highest BCUT2D eigenvalue weighted by molar-refractivity contribution is 6.30. The Morgan fingerprint density at radius 1 is 1.11 bits per heavy atom. The van der Waals surface area contributed by atoms with Gasteiger partial charge in [0, 0.05) is 39.8 Å². The summed E-state index contributed by atoms with van der Waals surface area (Å²) in [6, 6.07) is 9.60. The topological polar surface area (TPSA) is 178 Å². The fraction of sp³-hybridized carbons (Fsp3) is 0.300. The summed E-state index contributed by atoms with van der Waals surface area (Å²) in [6.45, 7) is -0.0195. The van der Waals surface area contributed by atoms with Gasteiger partial charge in [-0.2, -0.15) is 4.68 Å². The highest BCUT2D eigenvalue weighted by Crippen LogP contribution is 2.33. The Bertz CT molecular complexity index is 1690. The van der Waals surface area contributed by atoms with Gasteiger partial charge in [-0.15, -0.1) is 5.10 Å². The van der Waals surface area contributed by atoms with Crippen molar-refractivity contribution in [2.24, 2.45) is 0 Å². The average molecular weight is 634 g/mol. The normalized spacial score (nSPS) is 16.4. The van der Waals surface area contributed by atoms with Crippen LogP contribution in [-0.2, 0) is 23.9 Å². The van der Waals surface area contributed by atoms with Crippen LogP contribution in [0.2, 0.25) is 5.02 Å². The largest absolute Gasteiger partial charge is 0.468 e. The maximum atomic E-state index is 13.2. The van der Waals surface area contributed by atoms with Gasteiger partial charge >= 0.3 is 11.9 Å². The molecule has 0 spiro atoms. The SMILES string of the molecule is COC(=O)CNc1ccc2c(c1)N[C@@H](C(=O)OC)CCCC[C@H](NC(=O)/C=C/c1cc(Cl)ccc1-n1cnnn1)c1nc-2c[nH]1. The van der Waals surface area contributed by atoms with Crippen LogP contribution in [0.3, 0.4) is 0 Å². The van der Waals surface area contributed by atoms with E-state index in [1.807, 2.05) is 6.07 Å². The monoisotopic (exact) mass is 633 g/mol. The number of aromatic nitrogens is 6. The van der Waals surface area contributed by atoms with E-state index in [1.54, 1.807) is 42.6 Å². The lowest BCUT2D eigenvalue weighted by molar-refractivity contribution is -0.141. The molecule has 234 valence electrons. The molecule has 0 saturated carbocycles. The van der Waals surface area contributed by atoms with Crippen molar-refractivity contribution in [3.8, 4) is 16.9 Å². The molecular formula is C30H32ClN9O5. The summed E-state index contributed by atoms with van der Waals surface area (Å²) in [5.41, 5.74) is 3.92. The molecule has 2 bridgehead atoms. The number of carbonyl (C=O) groups is 3. The number of methoxy groups -OCH3 is 2. The van der Waals surface area contributed by atoms with E-state index in [2.05, 4.69) is 36.5 Å². The summed E-state index contributed by atoms with van der Waals surface area (Å²) >= 11 is 6.22. The Morgan fingerprint density at radius 2 is 1.96 bits per heavy atom. The number of halogens is 1. The van der Waals surface area contributed by atoms with E-state index in [0.717, 1.165) is 5.56 Å². The van der Waals surface area contributed by atoms with Crippen molar-refractivity contribution in [1.82, 2.24) is 35.5 Å². The minimum Gasteiger partial charge on any atom is -0.468 e. The van der Waals surface area contributed by atoms with E-state index >= 15 is 0 Å². The van der Waals surface area contributed by atoms with Crippen molar-refractivity contribution in [1.29, 1.82) is 0 Å². The maximum Gasteiger partial charge on any atom is 0.328 e. The number of imidazole rings is 1. The second-order valence-electron chi connectivity index (χ2n) is 10.2. The van der Waals surface area contributed by atoms with Crippen LogP contribution in [0.25, 0.3) is 23.0 Å². The number of carbonyl (C=O) groups excluding carboxylic acids is 3. The second-order valence-corrected chi connectivity index (χ2v) is 10.7. The molecule has 0 fully saturated rings. The molecule has 0 aliphatic carbocycles. The minimum atomic E-state index is -0.620. The molecule has 1 aliphatic heterocycles. The molecule has 1 amide bonds. The first kappa shape index (κ1) is 31.2. The van der Waals surface area contributed by atoms with Gasteiger partial charge in [-0.1, -0.05) is 24.4 Å². The first-order valence-corrected chi connectivity index (χ1v) is 14.6. The maximum absolute atomic E-state index is 13.2. The lowest BCUT2D eigenvalue weighted by Gasteiger charge is -2.22. The first-order chi connectivity index (χ1) is 21.8. The molecule has 45 heavy (non-hydrogen) atoms. The van der Waals surface area contributed by atoms with Crippen LogP contribution in [0.1, 0.15) is 43.1 Å². The summed E-state index contributed by atoms with van der Waals surface area (Å²) in [4.78, 5) is 45.6. The van der Waals surface area contributed by atoms with Gasteiger partial charge in [-0.05, 0) is 65.7 Å². The molecule has 14 nitrogen and oxygen atoms in total. The predicted molar refractivity (Wildman–Crippen MR) is 167 cm³/mol. The summed E-state index contributed by atoms with van der Waals surface area (Å²) in [5, 5.41) is 21.2. The third-order valence-electron chi connectivity index (χ3n) is 7.25. The molecule has 2 aromatic heterocycles. The number of nitrogens with zero attached hydrogens (tertiary/aromatic N) is 5. The Labute approximate surface area is 263 Å². The molecule has 5 rings (SSSR count). The predicted octanol–water partition coefficient (Wildman–Crippen LogP) is 3.69. The van der Waals surface area contributed by atoms with E-state index < -0.39 is 24.0 Å². The van der Waals surface area contributed by atoms with Crippen molar-refractivity contribution < 1.29 is 23.9 Å². The molecule has 4 aromatic rings. The Balaban J connectivity index is 1.40. The van der Waals surface area contributed by atoms with E-state index in [9.17, 15) is 14.4 Å². The van der Waals surface area contributed by atoms with Crippen molar-refractivity contribution in [2.45, 2.75) is 37.8 Å². The molecule has 15 heteroatoms. The number of nitrogens with one attached hydrogen (secondary N) is 4. The number of hydrogen-bond acceptors (Lipinski definition) is 11. The standard InChI is InChI=1S/C30H32ClN9O5/c1-44-28(42)16-32-20-9-10-21-24(14-20)35-23(30(43)45-2)6-4-3-5-22(29-33-15-25(21)37-29)36-27(41)12-7-18-13-19(31)8-11-26(18)40-17-34-38-39-40/h7-15,17,22-23,32,35H,3-6,16H2,1-2H3,(H,33,37)(H,36,41)/b12-7+/t22-,23+/m0/s1. The smallest absolute Gasteiger partial charge is 0.328 e. The highest BCUT2D eigenvalue weighted by atomic mass is 35.5. The zero-order valence-corrected chi connectivity index (χ0v) is 25.4. The molecule has 2 aromatic carbocycles. The van der Waals surface area contributed by atoms with Gasteiger partial charge in [0.1, 0.15) is 24.7 Å². The van der Waals surface area contributed by atoms with Crippen LogP contribution in [0, 0.1) is 0 Å². The quantitative estimate of drug-likeness (QED) is 0.164. The third-order valence-corrected chi connectivity index (χ3v) is 7.49. The van der Waals surface area contributed by atoms with Crippen LogP contribution in [-0.4, -0.2) is 74.8 Å². The Morgan fingerprint density at radius 3 is 2.73 bits per heavy atom. The van der Waals surface area contributed by atoms with E-state index in [1.165, 1.54) is 31.3 Å². The first-order valence-electron chi connectivity index (χ1n) is 14.2. The van der Waals surface area contributed by atoms with Crippen molar-refractivity contribution >= 4 is 46.9 Å². The van der Waals surface area contributed by atoms with Crippen LogP contribution in [0.5, 0.6) is 0 Å². The average Bonchev–Trinajstić information content (AvgIpc) is 3.76. The number of ether oxygens (including phenoxy) is 2. The second kappa shape index (κ2) is 14.5.